The molecule has 1 heterocycles. The fourth-order valence-electron chi connectivity index (χ4n) is 0.465. The van der Waals surface area contributed by atoms with E-state index in [0.717, 1.165) is 0 Å². The predicted molar refractivity (Wildman–Crippen MR) is 34.3 cm³/mol. The molecule has 0 aliphatic carbocycles. The molecule has 0 aromatic heterocycles. The summed E-state index contributed by atoms with van der Waals surface area (Å²) in [5.41, 5.74) is 0. The van der Waals surface area contributed by atoms with E-state index in [-0.39, 0.29) is 11.8 Å². The number of amides is 2. The van der Waals surface area contributed by atoms with E-state index in [0.29, 0.717) is 12.8 Å². The van der Waals surface area contributed by atoms with Crippen LogP contribution in [0, 0.1) is 6.92 Å². The van der Waals surface area contributed by atoms with Crippen molar-refractivity contribution < 1.29 is 29.1 Å². The summed E-state index contributed by atoms with van der Waals surface area (Å²) in [6, 6.07) is 0. The zero-order valence-corrected chi connectivity index (χ0v) is 7.17. The van der Waals surface area contributed by atoms with Crippen LogP contribution in [-0.2, 0) is 29.1 Å². The number of rotatable bonds is 0. The Balaban J connectivity index is 0. The van der Waals surface area contributed by atoms with Crippen LogP contribution in [0.5, 0.6) is 0 Å². The third-order valence-corrected chi connectivity index (χ3v) is 0.802. The molecule has 5 heteroatoms. The molecule has 0 aromatic carbocycles. The first kappa shape index (κ1) is 13.1. The van der Waals surface area contributed by atoms with E-state index in [1.54, 1.807) is 6.92 Å². The van der Waals surface area contributed by atoms with Crippen LogP contribution in [0.3, 0.4) is 0 Å². The van der Waals surface area contributed by atoms with Crippen molar-refractivity contribution >= 4 is 11.8 Å². The van der Waals surface area contributed by atoms with Gasteiger partial charge in [0, 0.05) is 0 Å². The zero-order valence-electron chi connectivity index (χ0n) is 6.13. The Bertz CT molecular complexity index is 124. The number of hydrogen-bond donors (Lipinski definition) is 0. The Hall–Kier alpha value is -0.554. The molecule has 0 atom stereocenters. The molecule has 0 bridgehead atoms. The molecule has 4 nitrogen and oxygen atoms in total. The molecule has 1 saturated heterocycles. The van der Waals surface area contributed by atoms with Gasteiger partial charge in [-0.15, -0.1) is 0 Å². The molecule has 67 valence electrons. The van der Waals surface area contributed by atoms with Gasteiger partial charge < -0.3 is 21.8 Å². The quantitative estimate of drug-likeness (QED) is 0.433. The fraction of sp³-hybridized carbons (Fsp3) is 0.500. The average Bonchev–Trinajstić information content (AvgIpc) is 2.43. The summed E-state index contributed by atoms with van der Waals surface area (Å²) in [4.78, 5) is 20.1. The van der Waals surface area contributed by atoms with Crippen molar-refractivity contribution in [1.29, 1.82) is 0 Å². The Labute approximate surface area is 73.5 Å². The van der Waals surface area contributed by atoms with Crippen molar-refractivity contribution in [3.63, 3.8) is 0 Å². The van der Waals surface area contributed by atoms with E-state index >= 15 is 0 Å². The molecule has 2 amide bonds. The number of carbonyl (C=O) groups is 2. The first-order valence-corrected chi connectivity index (χ1v) is 3.33. The molecular formula is C6H9CoNO3-2. The van der Waals surface area contributed by atoms with Crippen LogP contribution < -0.4 is 0 Å². The van der Waals surface area contributed by atoms with E-state index in [2.05, 4.69) is 27.9 Å². The van der Waals surface area contributed by atoms with Crippen LogP contribution in [0.15, 0.2) is 0 Å². The second-order valence-corrected chi connectivity index (χ2v) is 1.40. The summed E-state index contributed by atoms with van der Waals surface area (Å²) in [5, 5.41) is 3.11. The van der Waals surface area contributed by atoms with Gasteiger partial charge >= 0.3 is 19.5 Å². The molecule has 1 rings (SSSR count). The summed E-state index contributed by atoms with van der Waals surface area (Å²) in [5.74, 6) is -0.546. The van der Waals surface area contributed by atoms with Crippen LogP contribution in [0.4, 0.5) is 0 Å². The van der Waals surface area contributed by atoms with Crippen LogP contribution in [0.25, 0.3) is 5.32 Å². The van der Waals surface area contributed by atoms with E-state index in [1.807, 2.05) is 0 Å². The van der Waals surface area contributed by atoms with E-state index < -0.39 is 0 Å². The maximum absolute atomic E-state index is 10.1. The van der Waals surface area contributed by atoms with Gasteiger partial charge in [0.1, 0.15) is 0 Å². The molecule has 11 heavy (non-hydrogen) atoms. The van der Waals surface area contributed by atoms with Gasteiger partial charge in [-0.1, -0.05) is 0 Å². The molecule has 1 aliphatic rings. The molecule has 0 spiro atoms. The number of carbonyl (C=O) groups excluding carboxylic acids is 2. The molecule has 0 saturated carbocycles. The van der Waals surface area contributed by atoms with Gasteiger partial charge in [-0.3, -0.25) is 0 Å². The van der Waals surface area contributed by atoms with Crippen LogP contribution in [-0.4, -0.2) is 11.8 Å². The first-order valence-electron chi connectivity index (χ1n) is 2.91. The Morgan fingerprint density at radius 3 is 1.55 bits per heavy atom. The summed E-state index contributed by atoms with van der Waals surface area (Å²) < 4.78 is 7.94. The van der Waals surface area contributed by atoms with Crippen LogP contribution in [0.1, 0.15) is 19.8 Å². The first-order chi connectivity index (χ1) is 5.29. The molecule has 1 aliphatic heterocycles. The van der Waals surface area contributed by atoms with Crippen molar-refractivity contribution in [3.05, 3.63) is 12.2 Å². The molecule has 0 unspecified atom stereocenters. The minimum atomic E-state index is -0.273. The van der Waals surface area contributed by atoms with Crippen molar-refractivity contribution in [1.82, 2.24) is 0 Å². The summed E-state index contributed by atoms with van der Waals surface area (Å²) in [7, 11) is 0. The standard InChI is InChI=1S/C4H5NO2.C2H5.Co.O/c6-3-1-2-4(7)5-3;1-2;;/h1-2H2,(H,5,6,7);1H2,2H3;;/q;-1;;/p-1. The number of nitrogens with zero attached hydrogens (tertiary/aromatic N) is 1. The molecule has 0 N–H and O–H groups in total. The van der Waals surface area contributed by atoms with E-state index in [1.165, 1.54) is 0 Å². The zero-order chi connectivity index (χ0) is 9.28. The predicted octanol–water partition coefficient (Wildman–Crippen LogP) is 0.926. The summed E-state index contributed by atoms with van der Waals surface area (Å²) in [6.45, 7) is 5.00. The van der Waals surface area contributed by atoms with Crippen molar-refractivity contribution in [2.75, 3.05) is 0 Å². The third-order valence-electron chi connectivity index (χ3n) is 0.802. The minimum absolute atomic E-state index is 0.273. The monoisotopic (exact) mass is 202 g/mol. The topological polar surface area (TPSA) is 65.3 Å². The maximum atomic E-state index is 10.1. The Morgan fingerprint density at radius 1 is 1.18 bits per heavy atom. The van der Waals surface area contributed by atoms with Crippen molar-refractivity contribution in [2.45, 2.75) is 19.8 Å². The summed E-state index contributed by atoms with van der Waals surface area (Å²) >= 11 is 2.31. The van der Waals surface area contributed by atoms with Gasteiger partial charge in [0.05, 0.1) is 11.8 Å². The van der Waals surface area contributed by atoms with Gasteiger partial charge in [-0.05, 0) is 12.8 Å². The SMILES string of the molecule is O=C1CCC(=O)[N-]1.[CH2-]C.[O]=[Co]. The molecular weight excluding hydrogens is 193 g/mol. The van der Waals surface area contributed by atoms with Crippen LogP contribution in [0.2, 0.25) is 0 Å². The van der Waals surface area contributed by atoms with Crippen molar-refractivity contribution in [2.24, 2.45) is 0 Å². The molecule has 0 radical (unpaired) electrons. The number of imide groups is 1. The van der Waals surface area contributed by atoms with E-state index in [4.69, 9.17) is 3.87 Å². The Kier molecular flexibility index (Phi) is 11.2. The van der Waals surface area contributed by atoms with E-state index in [9.17, 15) is 9.59 Å². The van der Waals surface area contributed by atoms with Gasteiger partial charge in [0.15, 0.2) is 0 Å². The van der Waals surface area contributed by atoms with Crippen LogP contribution >= 0.6 is 0 Å². The fourth-order valence-corrected chi connectivity index (χ4v) is 0.465. The summed E-state index contributed by atoms with van der Waals surface area (Å²) in [6.07, 6.45) is 0.637. The number of hydrogen-bond acceptors (Lipinski definition) is 3. The average molecular weight is 202 g/mol. The van der Waals surface area contributed by atoms with Crippen molar-refractivity contribution in [3.8, 4) is 0 Å². The van der Waals surface area contributed by atoms with Gasteiger partial charge in [0.25, 0.3) is 0 Å². The van der Waals surface area contributed by atoms with Gasteiger partial charge in [-0.2, -0.15) is 6.92 Å². The second kappa shape index (κ2) is 9.45. The molecule has 0 aromatic rings. The third kappa shape index (κ3) is 7.34. The van der Waals surface area contributed by atoms with Gasteiger partial charge in [0.2, 0.25) is 0 Å². The van der Waals surface area contributed by atoms with Gasteiger partial charge in [-0.25, -0.2) is 0 Å². The Morgan fingerprint density at radius 2 is 1.45 bits per heavy atom. The molecule has 1 fully saturated rings. The second-order valence-electron chi connectivity index (χ2n) is 1.40. The normalized spacial score (nSPS) is 13.7.